The van der Waals surface area contributed by atoms with Gasteiger partial charge in [-0.2, -0.15) is 5.10 Å². The maximum atomic E-state index is 11.7. The average Bonchev–Trinajstić information content (AvgIpc) is 2.48. The van der Waals surface area contributed by atoms with Crippen LogP contribution in [0.2, 0.25) is 0 Å². The van der Waals surface area contributed by atoms with Crippen LogP contribution in [0.25, 0.3) is 0 Å². The van der Waals surface area contributed by atoms with Crippen LogP contribution in [-0.2, 0) is 19.1 Å². The quantitative estimate of drug-likeness (QED) is 0.318. The molecule has 1 rings (SSSR count). The summed E-state index contributed by atoms with van der Waals surface area (Å²) in [5.41, 5.74) is 5.75. The van der Waals surface area contributed by atoms with E-state index in [0.29, 0.717) is 0 Å². The van der Waals surface area contributed by atoms with E-state index in [-0.39, 0.29) is 17.8 Å². The van der Waals surface area contributed by atoms with Crippen molar-refractivity contribution in [2.45, 2.75) is 26.4 Å². The molecular weight excluding hydrogens is 254 g/mol. The van der Waals surface area contributed by atoms with E-state index < -0.39 is 23.6 Å². The maximum Gasteiger partial charge on any atom is 0.346 e. The molecule has 1 aliphatic heterocycles. The first-order valence-electron chi connectivity index (χ1n) is 5.53. The van der Waals surface area contributed by atoms with Crippen molar-refractivity contribution >= 4 is 24.2 Å². The van der Waals surface area contributed by atoms with Crippen molar-refractivity contribution in [2.75, 3.05) is 6.61 Å². The van der Waals surface area contributed by atoms with Crippen LogP contribution in [0.4, 0.5) is 4.79 Å². The van der Waals surface area contributed by atoms with Crippen molar-refractivity contribution in [1.82, 2.24) is 5.43 Å². The fraction of sp³-hybridized carbons (Fsp3) is 0.455. The molecule has 3 N–H and O–H groups in total. The van der Waals surface area contributed by atoms with E-state index in [4.69, 9.17) is 15.2 Å². The van der Waals surface area contributed by atoms with Gasteiger partial charge in [0.05, 0.1) is 12.8 Å². The zero-order valence-electron chi connectivity index (χ0n) is 10.9. The molecule has 19 heavy (non-hydrogen) atoms. The van der Waals surface area contributed by atoms with Gasteiger partial charge in [-0.15, -0.1) is 0 Å². The summed E-state index contributed by atoms with van der Waals surface area (Å²) in [5.74, 6) is -1.58. The molecule has 1 aliphatic rings. The molecule has 8 heteroatoms. The van der Waals surface area contributed by atoms with Crippen molar-refractivity contribution in [3.8, 4) is 0 Å². The smallest absolute Gasteiger partial charge is 0.346 e. The zero-order chi connectivity index (χ0) is 14.6. The molecule has 8 nitrogen and oxygen atoms in total. The standard InChI is InChI=1S/C11H15N3O5/c1-4-18-8(15)7-6(5-13-14-10(12)17)11(2,3)19-9(7)16/h5H,4H2,1-3H3,(H3,12,14,17)/b13-5-. The SMILES string of the molecule is CCOC(=O)C1=C(/C=N\NC(N)=O)C(C)(C)OC1=O. The average molecular weight is 269 g/mol. The molecule has 0 unspecified atom stereocenters. The summed E-state index contributed by atoms with van der Waals surface area (Å²) >= 11 is 0. The van der Waals surface area contributed by atoms with E-state index in [1.807, 2.05) is 5.43 Å². The monoisotopic (exact) mass is 269 g/mol. The van der Waals surface area contributed by atoms with Crippen molar-refractivity contribution < 1.29 is 23.9 Å². The molecule has 0 radical (unpaired) electrons. The molecule has 0 aromatic heterocycles. The van der Waals surface area contributed by atoms with Crippen molar-refractivity contribution in [3.63, 3.8) is 0 Å². The van der Waals surface area contributed by atoms with Crippen molar-refractivity contribution in [1.29, 1.82) is 0 Å². The molecule has 0 fully saturated rings. The van der Waals surface area contributed by atoms with Crippen LogP contribution in [0.5, 0.6) is 0 Å². The molecule has 104 valence electrons. The second kappa shape index (κ2) is 5.51. The number of cyclic esters (lactones) is 1. The van der Waals surface area contributed by atoms with Gasteiger partial charge in [0, 0.05) is 5.57 Å². The number of nitrogens with one attached hydrogen (secondary N) is 1. The highest BCUT2D eigenvalue weighted by atomic mass is 16.6. The third kappa shape index (κ3) is 3.30. The van der Waals surface area contributed by atoms with Gasteiger partial charge in [-0.3, -0.25) is 0 Å². The summed E-state index contributed by atoms with van der Waals surface area (Å²) in [4.78, 5) is 33.9. The number of esters is 2. The van der Waals surface area contributed by atoms with E-state index in [2.05, 4.69) is 5.10 Å². The zero-order valence-corrected chi connectivity index (χ0v) is 10.9. The van der Waals surface area contributed by atoms with Gasteiger partial charge in [0.2, 0.25) is 0 Å². The maximum absolute atomic E-state index is 11.7. The van der Waals surface area contributed by atoms with Crippen LogP contribution in [-0.4, -0.2) is 36.4 Å². The molecule has 0 saturated carbocycles. The molecule has 0 aliphatic carbocycles. The van der Waals surface area contributed by atoms with Gasteiger partial charge in [-0.1, -0.05) is 0 Å². The van der Waals surface area contributed by atoms with E-state index in [1.54, 1.807) is 20.8 Å². The molecule has 0 aromatic carbocycles. The molecule has 0 spiro atoms. The van der Waals surface area contributed by atoms with Gasteiger partial charge >= 0.3 is 18.0 Å². The molecule has 2 amide bonds. The molecule has 1 heterocycles. The third-order valence-electron chi connectivity index (χ3n) is 2.32. The summed E-state index contributed by atoms with van der Waals surface area (Å²) < 4.78 is 9.83. The Morgan fingerprint density at radius 1 is 1.53 bits per heavy atom. The molecule has 0 aromatic rings. The van der Waals surface area contributed by atoms with Crippen LogP contribution in [0.15, 0.2) is 16.2 Å². The Morgan fingerprint density at radius 3 is 2.68 bits per heavy atom. The van der Waals surface area contributed by atoms with Gasteiger partial charge in [0.1, 0.15) is 5.60 Å². The highest BCUT2D eigenvalue weighted by molar-refractivity contribution is 6.20. The number of nitrogens with two attached hydrogens (primary N) is 1. The third-order valence-corrected chi connectivity index (χ3v) is 2.32. The second-order valence-corrected chi connectivity index (χ2v) is 4.14. The van der Waals surface area contributed by atoms with E-state index in [0.717, 1.165) is 6.21 Å². The Bertz CT molecular complexity index is 479. The lowest BCUT2D eigenvalue weighted by molar-refractivity contribution is -0.148. The van der Waals surface area contributed by atoms with Gasteiger partial charge < -0.3 is 15.2 Å². The summed E-state index contributed by atoms with van der Waals surface area (Å²) in [6.07, 6.45) is 1.14. The predicted octanol–water partition coefficient (Wildman–Crippen LogP) is -0.164. The first-order valence-corrected chi connectivity index (χ1v) is 5.53. The molecule has 0 bridgehead atoms. The van der Waals surface area contributed by atoms with E-state index in [1.165, 1.54) is 0 Å². The Balaban J connectivity index is 3.12. The lowest BCUT2D eigenvalue weighted by Crippen LogP contribution is -2.27. The summed E-state index contributed by atoms with van der Waals surface area (Å²) in [6, 6.07) is -0.863. The minimum absolute atomic E-state index is 0.125. The normalized spacial score (nSPS) is 17.5. The van der Waals surface area contributed by atoms with Gasteiger partial charge in [0.15, 0.2) is 5.57 Å². The number of ether oxygens (including phenoxy) is 2. The minimum Gasteiger partial charge on any atom is -0.462 e. The molecular formula is C11H15N3O5. The number of rotatable bonds is 4. The Morgan fingerprint density at radius 2 is 2.16 bits per heavy atom. The number of carbonyl (C=O) groups is 3. The number of amides is 2. The van der Waals surface area contributed by atoms with Gasteiger partial charge in [-0.05, 0) is 20.8 Å². The predicted molar refractivity (Wildman–Crippen MR) is 65.0 cm³/mol. The molecule has 0 saturated heterocycles. The largest absolute Gasteiger partial charge is 0.462 e. The lowest BCUT2D eigenvalue weighted by atomic mass is 9.97. The van der Waals surface area contributed by atoms with Crippen LogP contribution in [0.1, 0.15) is 20.8 Å². The van der Waals surface area contributed by atoms with Crippen LogP contribution < -0.4 is 11.2 Å². The first-order chi connectivity index (χ1) is 8.79. The number of hydrogen-bond donors (Lipinski definition) is 2. The Hall–Kier alpha value is -2.38. The summed E-state index contributed by atoms with van der Waals surface area (Å²) in [7, 11) is 0. The lowest BCUT2D eigenvalue weighted by Gasteiger charge is -2.18. The number of nitrogens with zero attached hydrogens (tertiary/aromatic N) is 1. The van der Waals surface area contributed by atoms with Crippen molar-refractivity contribution in [2.24, 2.45) is 10.8 Å². The second-order valence-electron chi connectivity index (χ2n) is 4.14. The fourth-order valence-electron chi connectivity index (χ4n) is 1.53. The number of urea groups is 1. The Kier molecular flexibility index (Phi) is 4.26. The number of carbonyl (C=O) groups excluding carboxylic acids is 3. The summed E-state index contributed by atoms with van der Waals surface area (Å²) in [5, 5.41) is 3.53. The minimum atomic E-state index is -1.04. The van der Waals surface area contributed by atoms with Crippen LogP contribution >= 0.6 is 0 Å². The highest BCUT2D eigenvalue weighted by Crippen LogP contribution is 2.31. The highest BCUT2D eigenvalue weighted by Gasteiger charge is 2.43. The topological polar surface area (TPSA) is 120 Å². The summed E-state index contributed by atoms with van der Waals surface area (Å²) in [6.45, 7) is 4.91. The van der Waals surface area contributed by atoms with Gasteiger partial charge in [-0.25, -0.2) is 19.8 Å². The fourth-order valence-corrected chi connectivity index (χ4v) is 1.53. The number of hydrogen-bond acceptors (Lipinski definition) is 6. The van der Waals surface area contributed by atoms with E-state index in [9.17, 15) is 14.4 Å². The first kappa shape index (κ1) is 14.7. The number of hydrazone groups is 1. The Labute approximate surface area is 109 Å². The van der Waals surface area contributed by atoms with Crippen LogP contribution in [0.3, 0.4) is 0 Å². The molecule has 0 atom stereocenters. The number of primary amides is 1. The van der Waals surface area contributed by atoms with Crippen molar-refractivity contribution in [3.05, 3.63) is 11.1 Å². The van der Waals surface area contributed by atoms with Crippen LogP contribution in [0, 0.1) is 0 Å². The van der Waals surface area contributed by atoms with Gasteiger partial charge in [0.25, 0.3) is 0 Å². The van der Waals surface area contributed by atoms with E-state index >= 15 is 0 Å².